The topological polar surface area (TPSA) is 64.1 Å². The average Bonchev–Trinajstić information content (AvgIpc) is 3.08. The maximum absolute atomic E-state index is 12.1. The second kappa shape index (κ2) is 9.01. The number of anilines is 1. The van der Waals surface area contributed by atoms with Crippen LogP contribution in [0, 0.1) is 20.8 Å². The van der Waals surface area contributed by atoms with Crippen molar-refractivity contribution in [2.45, 2.75) is 30.9 Å². The number of aromatic nitrogens is 2. The third kappa shape index (κ3) is 5.30. The van der Waals surface area contributed by atoms with Gasteiger partial charge in [-0.1, -0.05) is 65.6 Å². The molecule has 1 amide bonds. The molecular formula is C20H21N3O2S2. The summed E-state index contributed by atoms with van der Waals surface area (Å²) in [5.41, 5.74) is 4.54. The van der Waals surface area contributed by atoms with E-state index in [0.29, 0.717) is 5.13 Å². The predicted molar refractivity (Wildman–Crippen MR) is 111 cm³/mol. The lowest BCUT2D eigenvalue weighted by Gasteiger charge is -2.11. The maximum atomic E-state index is 12.1. The molecule has 0 saturated heterocycles. The van der Waals surface area contributed by atoms with Gasteiger partial charge in [0.25, 0.3) is 5.91 Å². The Morgan fingerprint density at radius 3 is 2.48 bits per heavy atom. The van der Waals surface area contributed by atoms with E-state index in [9.17, 15) is 4.79 Å². The summed E-state index contributed by atoms with van der Waals surface area (Å²) in [6.07, 6.45) is 0. The number of aryl methyl sites for hydroxylation is 3. The van der Waals surface area contributed by atoms with Crippen LogP contribution in [-0.2, 0) is 10.5 Å². The number of nitrogens with zero attached hydrogens (tertiary/aromatic N) is 2. The number of hydrogen-bond donors (Lipinski definition) is 1. The molecule has 140 valence electrons. The molecule has 7 heteroatoms. The zero-order chi connectivity index (χ0) is 19.2. The minimum absolute atomic E-state index is 0.0586. The van der Waals surface area contributed by atoms with Crippen molar-refractivity contribution in [3.05, 3.63) is 64.7 Å². The van der Waals surface area contributed by atoms with Crippen LogP contribution in [0.4, 0.5) is 5.13 Å². The van der Waals surface area contributed by atoms with E-state index in [1.54, 1.807) is 11.8 Å². The Morgan fingerprint density at radius 1 is 1.04 bits per heavy atom. The molecule has 1 N–H and O–H groups in total. The van der Waals surface area contributed by atoms with E-state index < -0.39 is 0 Å². The summed E-state index contributed by atoms with van der Waals surface area (Å²) in [5.74, 6) is 1.33. The van der Waals surface area contributed by atoms with Crippen LogP contribution >= 0.6 is 23.1 Å². The third-order valence-electron chi connectivity index (χ3n) is 4.02. The standard InChI is InChI=1S/C20H21N3O2S2/c1-13-7-4-5-10-16(13)12-26-20-23-22-19(27-20)21-17(24)11-25-18-14(2)8-6-9-15(18)3/h4-10H,11-12H2,1-3H3,(H,21,22,24). The monoisotopic (exact) mass is 399 g/mol. The van der Waals surface area contributed by atoms with Crippen LogP contribution in [0.25, 0.3) is 0 Å². The Balaban J connectivity index is 1.51. The molecule has 5 nitrogen and oxygen atoms in total. The lowest BCUT2D eigenvalue weighted by Crippen LogP contribution is -2.20. The Bertz CT molecular complexity index is 920. The lowest BCUT2D eigenvalue weighted by atomic mass is 10.1. The Hall–Kier alpha value is -2.38. The van der Waals surface area contributed by atoms with E-state index in [-0.39, 0.29) is 12.5 Å². The van der Waals surface area contributed by atoms with E-state index in [2.05, 4.69) is 34.6 Å². The van der Waals surface area contributed by atoms with Gasteiger partial charge in [0.05, 0.1) is 0 Å². The molecule has 0 unspecified atom stereocenters. The summed E-state index contributed by atoms with van der Waals surface area (Å²) in [5, 5.41) is 11.4. The zero-order valence-electron chi connectivity index (χ0n) is 15.5. The van der Waals surface area contributed by atoms with Gasteiger partial charge in [-0.05, 0) is 43.0 Å². The highest BCUT2D eigenvalue weighted by Crippen LogP contribution is 2.29. The largest absolute Gasteiger partial charge is 0.483 e. The number of para-hydroxylation sites is 1. The van der Waals surface area contributed by atoms with Crippen LogP contribution in [-0.4, -0.2) is 22.7 Å². The number of carbonyl (C=O) groups is 1. The van der Waals surface area contributed by atoms with E-state index >= 15 is 0 Å². The van der Waals surface area contributed by atoms with Gasteiger partial charge in [0.1, 0.15) is 5.75 Å². The van der Waals surface area contributed by atoms with Crippen LogP contribution in [0.2, 0.25) is 0 Å². The Morgan fingerprint density at radius 2 is 1.74 bits per heavy atom. The summed E-state index contributed by atoms with van der Waals surface area (Å²) in [6.45, 7) is 5.96. The highest BCUT2D eigenvalue weighted by atomic mass is 32.2. The number of carbonyl (C=O) groups excluding carboxylic acids is 1. The minimum Gasteiger partial charge on any atom is -0.483 e. The molecule has 0 aliphatic heterocycles. The Labute approximate surface area is 167 Å². The van der Waals surface area contributed by atoms with E-state index in [4.69, 9.17) is 4.74 Å². The van der Waals surface area contributed by atoms with E-state index in [0.717, 1.165) is 27.0 Å². The number of nitrogens with one attached hydrogen (secondary N) is 1. The van der Waals surface area contributed by atoms with Crippen molar-refractivity contribution < 1.29 is 9.53 Å². The fourth-order valence-electron chi connectivity index (χ4n) is 2.55. The first-order valence-electron chi connectivity index (χ1n) is 8.52. The van der Waals surface area contributed by atoms with E-state index in [1.807, 2.05) is 44.2 Å². The third-order valence-corrected chi connectivity index (χ3v) is 6.04. The first kappa shape index (κ1) is 19.4. The number of rotatable bonds is 7. The number of hydrogen-bond acceptors (Lipinski definition) is 6. The van der Waals surface area contributed by atoms with Crippen LogP contribution in [0.15, 0.2) is 46.8 Å². The van der Waals surface area contributed by atoms with Crippen molar-refractivity contribution in [3.8, 4) is 5.75 Å². The van der Waals surface area contributed by atoms with Gasteiger partial charge in [-0.3, -0.25) is 10.1 Å². The fraction of sp³-hybridized carbons (Fsp3) is 0.250. The zero-order valence-corrected chi connectivity index (χ0v) is 17.1. The van der Waals surface area contributed by atoms with Crippen molar-refractivity contribution in [1.82, 2.24) is 10.2 Å². The molecule has 0 saturated carbocycles. The molecule has 0 bridgehead atoms. The molecule has 0 aliphatic rings. The average molecular weight is 400 g/mol. The molecule has 3 rings (SSSR count). The second-order valence-corrected chi connectivity index (χ2v) is 8.35. The van der Waals surface area contributed by atoms with Crippen molar-refractivity contribution in [2.75, 3.05) is 11.9 Å². The SMILES string of the molecule is Cc1ccccc1CSc1nnc(NC(=O)COc2c(C)cccc2C)s1. The molecule has 2 aromatic carbocycles. The molecule has 1 aromatic heterocycles. The van der Waals surface area contributed by atoms with Gasteiger partial charge in [0, 0.05) is 5.75 Å². The number of thioether (sulfide) groups is 1. The Kier molecular flexibility index (Phi) is 6.47. The molecule has 0 spiro atoms. The quantitative estimate of drug-likeness (QED) is 0.458. The van der Waals surface area contributed by atoms with Gasteiger partial charge in [-0.2, -0.15) is 0 Å². The normalized spacial score (nSPS) is 10.6. The number of benzene rings is 2. The molecule has 1 heterocycles. The van der Waals surface area contributed by atoms with Gasteiger partial charge in [0.2, 0.25) is 5.13 Å². The minimum atomic E-state index is -0.246. The molecule has 0 radical (unpaired) electrons. The summed E-state index contributed by atoms with van der Waals surface area (Å²) >= 11 is 2.98. The van der Waals surface area contributed by atoms with Crippen LogP contribution < -0.4 is 10.1 Å². The number of ether oxygens (including phenoxy) is 1. The fourth-order valence-corrected chi connectivity index (χ4v) is 4.39. The van der Waals surface area contributed by atoms with Crippen molar-refractivity contribution in [1.29, 1.82) is 0 Å². The van der Waals surface area contributed by atoms with Crippen LogP contribution in [0.3, 0.4) is 0 Å². The van der Waals surface area contributed by atoms with Crippen LogP contribution in [0.1, 0.15) is 22.3 Å². The first-order chi connectivity index (χ1) is 13.0. The van der Waals surface area contributed by atoms with E-state index in [1.165, 1.54) is 22.5 Å². The van der Waals surface area contributed by atoms with Gasteiger partial charge >= 0.3 is 0 Å². The van der Waals surface area contributed by atoms with Crippen molar-refractivity contribution in [2.24, 2.45) is 0 Å². The van der Waals surface area contributed by atoms with Gasteiger partial charge in [0.15, 0.2) is 10.9 Å². The molecular weight excluding hydrogens is 378 g/mol. The van der Waals surface area contributed by atoms with Gasteiger partial charge in [-0.25, -0.2) is 0 Å². The molecule has 3 aromatic rings. The summed E-state index contributed by atoms with van der Waals surface area (Å²) in [6, 6.07) is 14.2. The second-order valence-electron chi connectivity index (χ2n) is 6.15. The van der Waals surface area contributed by atoms with Gasteiger partial charge in [-0.15, -0.1) is 10.2 Å². The van der Waals surface area contributed by atoms with Crippen LogP contribution in [0.5, 0.6) is 5.75 Å². The molecule has 0 fully saturated rings. The molecule has 27 heavy (non-hydrogen) atoms. The summed E-state index contributed by atoms with van der Waals surface area (Å²) < 4.78 is 6.49. The number of amides is 1. The lowest BCUT2D eigenvalue weighted by molar-refractivity contribution is -0.118. The summed E-state index contributed by atoms with van der Waals surface area (Å²) in [7, 11) is 0. The van der Waals surface area contributed by atoms with Crippen molar-refractivity contribution in [3.63, 3.8) is 0 Å². The highest BCUT2D eigenvalue weighted by Gasteiger charge is 2.11. The summed E-state index contributed by atoms with van der Waals surface area (Å²) in [4.78, 5) is 12.1. The molecule has 0 aliphatic carbocycles. The van der Waals surface area contributed by atoms with Gasteiger partial charge < -0.3 is 4.74 Å². The highest BCUT2D eigenvalue weighted by molar-refractivity contribution is 8.00. The maximum Gasteiger partial charge on any atom is 0.264 e. The van der Waals surface area contributed by atoms with Crippen molar-refractivity contribution >= 4 is 34.1 Å². The first-order valence-corrected chi connectivity index (χ1v) is 10.3. The molecule has 0 atom stereocenters. The predicted octanol–water partition coefficient (Wildman–Crippen LogP) is 4.77. The smallest absolute Gasteiger partial charge is 0.264 e.